The van der Waals surface area contributed by atoms with Crippen LogP contribution < -0.4 is 5.46 Å². The number of pyridine rings is 1. The number of rotatable bonds is 2. The Hall–Kier alpha value is -1.50. The zero-order chi connectivity index (χ0) is 17.9. The number of nitrogens with zero attached hydrogens (tertiary/aromatic N) is 1. The summed E-state index contributed by atoms with van der Waals surface area (Å²) in [6.45, 7) is 11.3. The molecule has 24 heavy (non-hydrogen) atoms. The van der Waals surface area contributed by atoms with Gasteiger partial charge in [-0.1, -0.05) is 6.07 Å². The lowest BCUT2D eigenvalue weighted by atomic mass is 9.78. The molecular weight excluding hydrogens is 308 g/mol. The number of aliphatic hydroxyl groups excluding tert-OH is 1. The van der Waals surface area contributed by atoms with Gasteiger partial charge in [0.15, 0.2) is 0 Å². The predicted molar refractivity (Wildman–Crippen MR) is 92.8 cm³/mol. The van der Waals surface area contributed by atoms with Crippen molar-refractivity contribution in [2.24, 2.45) is 0 Å². The second-order valence-corrected chi connectivity index (χ2v) is 7.52. The van der Waals surface area contributed by atoms with Crippen LogP contribution in [-0.2, 0) is 9.31 Å². The summed E-state index contributed by atoms with van der Waals surface area (Å²) in [6, 6.07) is 4.98. The van der Waals surface area contributed by atoms with E-state index in [4.69, 9.17) is 9.31 Å². The van der Waals surface area contributed by atoms with Gasteiger partial charge in [0, 0.05) is 11.1 Å². The van der Waals surface area contributed by atoms with E-state index in [0.717, 1.165) is 0 Å². The van der Waals surface area contributed by atoms with Gasteiger partial charge < -0.3 is 14.4 Å². The number of halogens is 1. The maximum absolute atomic E-state index is 14.7. The molecule has 0 spiro atoms. The third-order valence-corrected chi connectivity index (χ3v) is 5.02. The fourth-order valence-electron chi connectivity index (χ4n) is 2.93. The summed E-state index contributed by atoms with van der Waals surface area (Å²) in [7, 11) is -0.656. The van der Waals surface area contributed by atoms with Crippen LogP contribution in [0.5, 0.6) is 0 Å². The molecule has 2 aromatic rings. The first-order valence-electron chi connectivity index (χ1n) is 8.16. The van der Waals surface area contributed by atoms with Gasteiger partial charge >= 0.3 is 7.12 Å². The quantitative estimate of drug-likeness (QED) is 0.860. The van der Waals surface area contributed by atoms with Crippen LogP contribution in [0.15, 0.2) is 18.2 Å². The Kier molecular flexibility index (Phi) is 3.98. The van der Waals surface area contributed by atoms with Crippen LogP contribution in [0.1, 0.15) is 52.0 Å². The predicted octanol–water partition coefficient (Wildman–Crippen LogP) is 3.03. The molecule has 0 saturated carbocycles. The van der Waals surface area contributed by atoms with Crippen molar-refractivity contribution in [1.82, 2.24) is 4.98 Å². The molecule has 0 radical (unpaired) electrons. The average Bonchev–Trinajstić information content (AvgIpc) is 2.67. The van der Waals surface area contributed by atoms with E-state index in [9.17, 15) is 9.50 Å². The van der Waals surface area contributed by atoms with E-state index in [-0.39, 0.29) is 5.52 Å². The highest BCUT2D eigenvalue weighted by atomic mass is 19.1. The fraction of sp³-hybridized carbons (Fsp3) is 0.500. The molecule has 1 aliphatic heterocycles. The third-order valence-electron chi connectivity index (χ3n) is 5.02. The van der Waals surface area contributed by atoms with Crippen molar-refractivity contribution >= 4 is 23.5 Å². The number of aromatic nitrogens is 1. The number of aliphatic hydroxyl groups is 1. The van der Waals surface area contributed by atoms with Crippen LogP contribution in [0.3, 0.4) is 0 Å². The Bertz CT molecular complexity index is 788. The standard InChI is InChI=1S/C18H23BFNO3/c1-10-7-13(11(2)22)14-8-12(9-15(20)16(14)21-10)19-23-17(3,4)18(5,6)24-19/h7-9,11,22H,1-6H3. The summed E-state index contributed by atoms with van der Waals surface area (Å²) in [5.74, 6) is -0.442. The Balaban J connectivity index is 2.15. The topological polar surface area (TPSA) is 51.6 Å². The minimum absolute atomic E-state index is 0.256. The molecule has 0 aliphatic carbocycles. The largest absolute Gasteiger partial charge is 0.494 e. The molecular formula is C18H23BFNO3. The summed E-state index contributed by atoms with van der Waals surface area (Å²) in [5, 5.41) is 10.6. The first-order chi connectivity index (χ1) is 11.0. The monoisotopic (exact) mass is 331 g/mol. The van der Waals surface area contributed by atoms with Crippen molar-refractivity contribution in [3.63, 3.8) is 0 Å². The van der Waals surface area contributed by atoms with Gasteiger partial charge in [-0.2, -0.15) is 0 Å². The fourth-order valence-corrected chi connectivity index (χ4v) is 2.93. The average molecular weight is 331 g/mol. The minimum Gasteiger partial charge on any atom is -0.399 e. The van der Waals surface area contributed by atoms with Crippen molar-refractivity contribution in [3.8, 4) is 0 Å². The van der Waals surface area contributed by atoms with Crippen LogP contribution >= 0.6 is 0 Å². The van der Waals surface area contributed by atoms with E-state index in [2.05, 4.69) is 4.98 Å². The number of aryl methyl sites for hydroxylation is 1. The molecule has 1 aliphatic rings. The van der Waals surface area contributed by atoms with Gasteiger partial charge in [0.25, 0.3) is 0 Å². The lowest BCUT2D eigenvalue weighted by Gasteiger charge is -2.32. The molecule has 3 rings (SSSR count). The summed E-state index contributed by atoms with van der Waals surface area (Å²) in [5.41, 5.74) is 1.16. The number of benzene rings is 1. The first kappa shape index (κ1) is 17.3. The molecule has 1 N–H and O–H groups in total. The zero-order valence-electron chi connectivity index (χ0n) is 15.0. The highest BCUT2D eigenvalue weighted by Crippen LogP contribution is 2.37. The Morgan fingerprint density at radius 1 is 1.12 bits per heavy atom. The lowest BCUT2D eigenvalue weighted by molar-refractivity contribution is 0.00578. The van der Waals surface area contributed by atoms with Gasteiger partial charge in [-0.05, 0) is 64.7 Å². The van der Waals surface area contributed by atoms with Crippen molar-refractivity contribution < 1.29 is 18.8 Å². The highest BCUT2D eigenvalue weighted by molar-refractivity contribution is 6.62. The maximum Gasteiger partial charge on any atom is 0.494 e. The molecule has 0 bridgehead atoms. The molecule has 128 valence electrons. The van der Waals surface area contributed by atoms with Crippen molar-refractivity contribution in [2.45, 2.75) is 58.8 Å². The van der Waals surface area contributed by atoms with Gasteiger partial charge in [-0.3, -0.25) is 4.98 Å². The second-order valence-electron chi connectivity index (χ2n) is 7.52. The van der Waals surface area contributed by atoms with Crippen LogP contribution in [0, 0.1) is 12.7 Å². The van der Waals surface area contributed by atoms with E-state index in [0.29, 0.717) is 22.1 Å². The van der Waals surface area contributed by atoms with Gasteiger partial charge in [0.1, 0.15) is 11.3 Å². The lowest BCUT2D eigenvalue weighted by Crippen LogP contribution is -2.41. The van der Waals surface area contributed by atoms with Crippen LogP contribution in [0.4, 0.5) is 4.39 Å². The van der Waals surface area contributed by atoms with Gasteiger partial charge in [-0.25, -0.2) is 4.39 Å². The van der Waals surface area contributed by atoms with Crippen LogP contribution in [0.25, 0.3) is 10.9 Å². The van der Waals surface area contributed by atoms with Crippen LogP contribution in [0.2, 0.25) is 0 Å². The van der Waals surface area contributed by atoms with E-state index < -0.39 is 30.2 Å². The van der Waals surface area contributed by atoms with Gasteiger partial charge in [0.2, 0.25) is 0 Å². The number of hydrogen-bond donors (Lipinski definition) is 1. The first-order valence-corrected chi connectivity index (χ1v) is 8.16. The number of hydrogen-bond acceptors (Lipinski definition) is 4. The summed E-state index contributed by atoms with van der Waals surface area (Å²) in [4.78, 5) is 4.28. The van der Waals surface area contributed by atoms with E-state index in [1.807, 2.05) is 27.7 Å². The summed E-state index contributed by atoms with van der Waals surface area (Å²) >= 11 is 0. The van der Waals surface area contributed by atoms with E-state index >= 15 is 0 Å². The molecule has 1 fully saturated rings. The molecule has 1 atom stereocenters. The molecule has 1 aromatic heterocycles. The Morgan fingerprint density at radius 2 is 1.71 bits per heavy atom. The van der Waals surface area contributed by atoms with Gasteiger partial charge in [-0.15, -0.1) is 0 Å². The molecule has 1 aromatic carbocycles. The maximum atomic E-state index is 14.7. The van der Waals surface area contributed by atoms with Crippen molar-refractivity contribution in [2.75, 3.05) is 0 Å². The van der Waals surface area contributed by atoms with Crippen molar-refractivity contribution in [3.05, 3.63) is 35.3 Å². The third kappa shape index (κ3) is 2.72. The Morgan fingerprint density at radius 3 is 2.25 bits per heavy atom. The second kappa shape index (κ2) is 5.51. The van der Waals surface area contributed by atoms with E-state index in [1.165, 1.54) is 6.07 Å². The van der Waals surface area contributed by atoms with Crippen LogP contribution in [-0.4, -0.2) is 28.4 Å². The highest BCUT2D eigenvalue weighted by Gasteiger charge is 2.51. The van der Waals surface area contributed by atoms with Gasteiger partial charge in [0.05, 0.1) is 17.3 Å². The molecule has 1 unspecified atom stereocenters. The SMILES string of the molecule is Cc1cc(C(C)O)c2cc(B3OC(C)(C)C(C)(C)O3)cc(F)c2n1. The molecule has 6 heteroatoms. The summed E-state index contributed by atoms with van der Waals surface area (Å²) < 4.78 is 26.7. The minimum atomic E-state index is -0.720. The zero-order valence-corrected chi connectivity index (χ0v) is 15.0. The molecule has 4 nitrogen and oxygen atoms in total. The molecule has 1 saturated heterocycles. The molecule has 2 heterocycles. The summed E-state index contributed by atoms with van der Waals surface area (Å²) in [6.07, 6.45) is -0.720. The Labute approximate surface area is 142 Å². The normalized spacial score (nSPS) is 20.6. The molecule has 0 amide bonds. The van der Waals surface area contributed by atoms with Crippen molar-refractivity contribution in [1.29, 1.82) is 0 Å². The van der Waals surface area contributed by atoms with E-state index in [1.54, 1.807) is 26.0 Å². The smallest absolute Gasteiger partial charge is 0.399 e. The number of fused-ring (bicyclic) bond motifs is 1.